The summed E-state index contributed by atoms with van der Waals surface area (Å²) in [4.78, 5) is 23.3. The summed E-state index contributed by atoms with van der Waals surface area (Å²) in [6, 6.07) is 1.68. The Balaban J connectivity index is 2.08. The third kappa shape index (κ3) is 2.90. The minimum atomic E-state index is -0.815. The summed E-state index contributed by atoms with van der Waals surface area (Å²) < 4.78 is 1.58. The van der Waals surface area contributed by atoms with Crippen LogP contribution in [0.15, 0.2) is 18.5 Å². The molecule has 3 rings (SSSR count). The number of nitrogens with two attached hydrogens (primary N) is 1. The van der Waals surface area contributed by atoms with E-state index in [4.69, 9.17) is 5.73 Å². The number of amides is 2. The predicted octanol–water partition coefficient (Wildman–Crippen LogP) is 1.74. The highest BCUT2D eigenvalue weighted by Gasteiger charge is 2.50. The fraction of sp³-hybridized carbons (Fsp3) is 0.500. The van der Waals surface area contributed by atoms with Crippen LogP contribution in [0.4, 0.5) is 11.4 Å². The molecule has 1 saturated carbocycles. The van der Waals surface area contributed by atoms with E-state index in [9.17, 15) is 14.7 Å². The zero-order valence-corrected chi connectivity index (χ0v) is 15.5. The van der Waals surface area contributed by atoms with Gasteiger partial charge in [-0.2, -0.15) is 5.10 Å². The van der Waals surface area contributed by atoms with Gasteiger partial charge >= 0.3 is 0 Å². The zero-order valence-electron chi connectivity index (χ0n) is 15.5. The smallest absolute Gasteiger partial charge is 0.252 e. The first-order valence-corrected chi connectivity index (χ1v) is 8.60. The number of aromatic nitrogens is 2. The van der Waals surface area contributed by atoms with E-state index in [1.807, 2.05) is 20.8 Å². The average Bonchev–Trinajstić information content (AvgIpc) is 2.99. The lowest BCUT2D eigenvalue weighted by molar-refractivity contribution is -0.114. The molecule has 5 N–H and O–H groups in total. The molecule has 140 valence electrons. The van der Waals surface area contributed by atoms with Crippen LogP contribution in [0.25, 0.3) is 5.52 Å². The lowest BCUT2D eigenvalue weighted by Crippen LogP contribution is -2.45. The van der Waals surface area contributed by atoms with E-state index in [0.717, 1.165) is 6.42 Å². The molecule has 2 amide bonds. The van der Waals surface area contributed by atoms with Crippen LogP contribution >= 0.6 is 0 Å². The number of aliphatic hydroxyl groups is 1. The van der Waals surface area contributed by atoms with Crippen molar-refractivity contribution in [2.24, 2.45) is 11.1 Å². The fourth-order valence-electron chi connectivity index (χ4n) is 3.58. The summed E-state index contributed by atoms with van der Waals surface area (Å²) in [5, 5.41) is 21.0. The van der Waals surface area contributed by atoms with Crippen molar-refractivity contribution in [3.63, 3.8) is 0 Å². The quantitative estimate of drug-likeness (QED) is 0.662. The Morgan fingerprint density at radius 2 is 2.08 bits per heavy atom. The van der Waals surface area contributed by atoms with Crippen molar-refractivity contribution in [1.82, 2.24) is 9.61 Å². The summed E-state index contributed by atoms with van der Waals surface area (Å²) in [6.07, 6.45) is 4.49. The molecule has 1 aliphatic carbocycles. The molecule has 2 atom stereocenters. The molecular formula is C18H25N5O3. The van der Waals surface area contributed by atoms with E-state index >= 15 is 0 Å². The molecular weight excluding hydrogens is 334 g/mol. The summed E-state index contributed by atoms with van der Waals surface area (Å²) in [6.45, 7) is 7.26. The highest BCUT2D eigenvalue weighted by molar-refractivity contribution is 6.02. The van der Waals surface area contributed by atoms with Crippen LogP contribution in [0.2, 0.25) is 0 Å². The molecule has 1 fully saturated rings. The summed E-state index contributed by atoms with van der Waals surface area (Å²) >= 11 is 0. The number of nitrogens with zero attached hydrogens (tertiary/aromatic N) is 2. The topological polar surface area (TPSA) is 122 Å². The maximum atomic E-state index is 11.9. The van der Waals surface area contributed by atoms with Crippen LogP contribution in [0.5, 0.6) is 0 Å². The van der Waals surface area contributed by atoms with Crippen molar-refractivity contribution < 1.29 is 14.7 Å². The molecule has 0 spiro atoms. The van der Waals surface area contributed by atoms with Gasteiger partial charge in [-0.1, -0.05) is 13.8 Å². The van der Waals surface area contributed by atoms with Gasteiger partial charge in [0, 0.05) is 18.4 Å². The Morgan fingerprint density at radius 1 is 1.38 bits per heavy atom. The Hall–Kier alpha value is -2.61. The Bertz CT molecular complexity index is 884. The standard InChI is InChI=1S/C18H25N5O3/c1-10(24)21-11-7-13-15(12(16(19)25)8-20-23(13)9-11)22-14-5-6-18(4,26)17(14,2)3/h7-9,14,22,26H,5-6H2,1-4H3,(H2,19,25)(H,21,24)/t14-,18-/m1/s1. The maximum Gasteiger partial charge on any atom is 0.252 e. The molecule has 26 heavy (non-hydrogen) atoms. The van der Waals surface area contributed by atoms with Crippen molar-refractivity contribution in [2.45, 2.75) is 52.2 Å². The SMILES string of the molecule is CC(=O)Nc1cc2c(N[C@@H]3CC[C@@](C)(O)C3(C)C)c(C(N)=O)cnn2c1. The van der Waals surface area contributed by atoms with Gasteiger partial charge in [-0.05, 0) is 25.8 Å². The van der Waals surface area contributed by atoms with Gasteiger partial charge in [0.25, 0.3) is 5.91 Å². The van der Waals surface area contributed by atoms with E-state index in [1.54, 1.807) is 16.8 Å². The average molecular weight is 359 g/mol. The highest BCUT2D eigenvalue weighted by atomic mass is 16.3. The molecule has 1 aliphatic rings. The van der Waals surface area contributed by atoms with Gasteiger partial charge in [0.15, 0.2) is 0 Å². The van der Waals surface area contributed by atoms with Crippen molar-refractivity contribution in [3.05, 3.63) is 24.0 Å². The molecule has 8 nitrogen and oxygen atoms in total. The van der Waals surface area contributed by atoms with Gasteiger partial charge in [-0.15, -0.1) is 0 Å². The number of rotatable bonds is 4. The molecule has 2 heterocycles. The third-order valence-corrected chi connectivity index (χ3v) is 5.72. The van der Waals surface area contributed by atoms with E-state index in [-0.39, 0.29) is 17.5 Å². The van der Waals surface area contributed by atoms with Gasteiger partial charge < -0.3 is 21.5 Å². The van der Waals surface area contributed by atoms with Crippen LogP contribution in [-0.2, 0) is 4.79 Å². The molecule has 0 aromatic carbocycles. The number of primary amides is 1. The van der Waals surface area contributed by atoms with E-state index in [0.29, 0.717) is 23.3 Å². The summed E-state index contributed by atoms with van der Waals surface area (Å²) in [5.74, 6) is -0.786. The second-order valence-electron chi connectivity index (χ2n) is 7.77. The molecule has 8 heteroatoms. The van der Waals surface area contributed by atoms with E-state index < -0.39 is 16.9 Å². The molecule has 0 aliphatic heterocycles. The predicted molar refractivity (Wildman–Crippen MR) is 99.1 cm³/mol. The lowest BCUT2D eigenvalue weighted by atomic mass is 9.76. The van der Waals surface area contributed by atoms with Crippen LogP contribution in [0.3, 0.4) is 0 Å². The largest absolute Gasteiger partial charge is 0.390 e. The van der Waals surface area contributed by atoms with E-state index in [2.05, 4.69) is 15.7 Å². The Kier molecular flexibility index (Phi) is 4.18. The number of nitrogens with one attached hydrogen (secondary N) is 2. The number of carbonyl (C=O) groups is 2. The number of anilines is 2. The first-order valence-electron chi connectivity index (χ1n) is 8.60. The molecule has 0 saturated heterocycles. The van der Waals surface area contributed by atoms with Gasteiger partial charge in [0.05, 0.1) is 40.4 Å². The lowest BCUT2D eigenvalue weighted by Gasteiger charge is -2.38. The van der Waals surface area contributed by atoms with Crippen LogP contribution in [0.1, 0.15) is 50.9 Å². The molecule has 0 unspecified atom stereocenters. The van der Waals surface area contributed by atoms with Crippen molar-refractivity contribution in [1.29, 1.82) is 0 Å². The molecule has 0 radical (unpaired) electrons. The number of carbonyl (C=O) groups excluding carboxylic acids is 2. The first-order chi connectivity index (χ1) is 12.0. The third-order valence-electron chi connectivity index (χ3n) is 5.72. The molecule has 2 aromatic heterocycles. The second-order valence-corrected chi connectivity index (χ2v) is 7.77. The molecule has 2 aromatic rings. The van der Waals surface area contributed by atoms with Gasteiger partial charge in [0.2, 0.25) is 5.91 Å². The fourth-order valence-corrected chi connectivity index (χ4v) is 3.58. The van der Waals surface area contributed by atoms with Gasteiger partial charge in [-0.3, -0.25) is 9.59 Å². The number of hydrogen-bond acceptors (Lipinski definition) is 5. The van der Waals surface area contributed by atoms with Crippen molar-refractivity contribution >= 4 is 28.7 Å². The minimum absolute atomic E-state index is 0.0547. The Morgan fingerprint density at radius 3 is 2.62 bits per heavy atom. The monoisotopic (exact) mass is 359 g/mol. The van der Waals surface area contributed by atoms with Crippen molar-refractivity contribution in [3.8, 4) is 0 Å². The van der Waals surface area contributed by atoms with Crippen LogP contribution < -0.4 is 16.4 Å². The number of hydrogen-bond donors (Lipinski definition) is 4. The number of fused-ring (bicyclic) bond motifs is 1. The van der Waals surface area contributed by atoms with E-state index in [1.165, 1.54) is 13.1 Å². The first kappa shape index (κ1) is 18.2. The summed E-state index contributed by atoms with van der Waals surface area (Å²) in [7, 11) is 0. The minimum Gasteiger partial charge on any atom is -0.390 e. The molecule has 0 bridgehead atoms. The van der Waals surface area contributed by atoms with Crippen LogP contribution in [0, 0.1) is 5.41 Å². The van der Waals surface area contributed by atoms with Crippen molar-refractivity contribution in [2.75, 3.05) is 10.6 Å². The summed E-state index contributed by atoms with van der Waals surface area (Å²) in [5.41, 5.74) is 6.35. The highest BCUT2D eigenvalue weighted by Crippen LogP contribution is 2.47. The normalized spacial score (nSPS) is 24.6. The van der Waals surface area contributed by atoms with Crippen LogP contribution in [-0.4, -0.2) is 38.2 Å². The van der Waals surface area contributed by atoms with Gasteiger partial charge in [-0.25, -0.2) is 4.52 Å². The zero-order chi connectivity index (χ0) is 19.3. The van der Waals surface area contributed by atoms with Gasteiger partial charge in [0.1, 0.15) is 0 Å². The maximum absolute atomic E-state index is 11.9. The Labute approximate surface area is 151 Å². The second kappa shape index (κ2) is 5.98.